The molecule has 1 saturated carbocycles. The molecule has 0 saturated heterocycles. The molecule has 1 fully saturated rings. The molecule has 2 nitrogen and oxygen atoms in total. The lowest BCUT2D eigenvalue weighted by Gasteiger charge is -2.27. The number of nitrogens with zero attached hydrogens (tertiary/aromatic N) is 1. The second-order valence-corrected chi connectivity index (χ2v) is 4.57. The second kappa shape index (κ2) is 4.97. The Bertz CT molecular complexity index is 143. The van der Waals surface area contributed by atoms with Gasteiger partial charge in [0.1, 0.15) is 0 Å². The average Bonchev–Trinajstić information content (AvgIpc) is 2.85. The van der Waals surface area contributed by atoms with Crippen LogP contribution >= 0.6 is 0 Å². The largest absolute Gasteiger partial charge is 0.327 e. The smallest absolute Gasteiger partial charge is 0.0167 e. The molecule has 0 spiro atoms. The van der Waals surface area contributed by atoms with Gasteiger partial charge in [0, 0.05) is 18.6 Å². The highest BCUT2D eigenvalue weighted by molar-refractivity contribution is 4.85. The lowest BCUT2D eigenvalue weighted by atomic mass is 10.1. The Morgan fingerprint density at radius 1 is 1.46 bits per heavy atom. The zero-order valence-electron chi connectivity index (χ0n) is 9.29. The van der Waals surface area contributed by atoms with Crippen LogP contribution in [0.15, 0.2) is 0 Å². The highest BCUT2D eigenvalue weighted by atomic mass is 15.1. The van der Waals surface area contributed by atoms with Crippen LogP contribution in [-0.2, 0) is 0 Å². The number of rotatable bonds is 6. The Morgan fingerprint density at radius 3 is 2.54 bits per heavy atom. The highest BCUT2D eigenvalue weighted by Crippen LogP contribution is 2.34. The van der Waals surface area contributed by atoms with Gasteiger partial charge >= 0.3 is 0 Å². The second-order valence-electron chi connectivity index (χ2n) is 4.57. The van der Waals surface area contributed by atoms with E-state index in [4.69, 9.17) is 5.73 Å². The first-order valence-electron chi connectivity index (χ1n) is 5.61. The van der Waals surface area contributed by atoms with Gasteiger partial charge in [-0.05, 0) is 39.2 Å². The number of likely N-dealkylation sites (N-methyl/N-ethyl adjacent to an activating group) is 1. The van der Waals surface area contributed by atoms with Crippen molar-refractivity contribution in [3.63, 3.8) is 0 Å². The van der Waals surface area contributed by atoms with E-state index < -0.39 is 0 Å². The maximum absolute atomic E-state index is 6.00. The average molecular weight is 184 g/mol. The highest BCUT2D eigenvalue weighted by Gasteiger charge is 2.30. The van der Waals surface area contributed by atoms with Crippen LogP contribution in [0.5, 0.6) is 0 Å². The number of hydrogen-bond acceptors (Lipinski definition) is 2. The van der Waals surface area contributed by atoms with Crippen LogP contribution in [-0.4, -0.2) is 30.6 Å². The van der Waals surface area contributed by atoms with Gasteiger partial charge in [-0.2, -0.15) is 0 Å². The third-order valence-corrected chi connectivity index (χ3v) is 3.18. The van der Waals surface area contributed by atoms with Gasteiger partial charge in [0.15, 0.2) is 0 Å². The van der Waals surface area contributed by atoms with Gasteiger partial charge in [0.05, 0.1) is 0 Å². The normalized spacial score (nSPS) is 21.9. The van der Waals surface area contributed by atoms with Crippen molar-refractivity contribution in [2.75, 3.05) is 13.6 Å². The molecule has 1 rings (SSSR count). The molecule has 0 aromatic rings. The van der Waals surface area contributed by atoms with Crippen molar-refractivity contribution < 1.29 is 0 Å². The summed E-state index contributed by atoms with van der Waals surface area (Å²) in [4.78, 5) is 2.43. The maximum atomic E-state index is 6.00. The third kappa shape index (κ3) is 3.65. The van der Waals surface area contributed by atoms with Crippen molar-refractivity contribution in [1.82, 2.24) is 4.90 Å². The fraction of sp³-hybridized carbons (Fsp3) is 1.00. The van der Waals surface area contributed by atoms with Gasteiger partial charge in [-0.15, -0.1) is 0 Å². The van der Waals surface area contributed by atoms with Gasteiger partial charge in [-0.3, -0.25) is 0 Å². The minimum Gasteiger partial charge on any atom is -0.327 e. The monoisotopic (exact) mass is 184 g/mol. The van der Waals surface area contributed by atoms with Gasteiger partial charge in [0.2, 0.25) is 0 Å². The fourth-order valence-electron chi connectivity index (χ4n) is 1.94. The molecule has 78 valence electrons. The van der Waals surface area contributed by atoms with Gasteiger partial charge < -0.3 is 10.6 Å². The molecule has 0 amide bonds. The van der Waals surface area contributed by atoms with Crippen LogP contribution in [0, 0.1) is 5.92 Å². The van der Waals surface area contributed by atoms with Crippen molar-refractivity contribution in [2.45, 2.75) is 51.6 Å². The summed E-state index contributed by atoms with van der Waals surface area (Å²) < 4.78 is 0. The first-order valence-corrected chi connectivity index (χ1v) is 5.61. The lowest BCUT2D eigenvalue weighted by molar-refractivity contribution is 0.218. The summed E-state index contributed by atoms with van der Waals surface area (Å²) in [7, 11) is 2.21. The van der Waals surface area contributed by atoms with E-state index in [0.717, 1.165) is 24.9 Å². The summed E-state index contributed by atoms with van der Waals surface area (Å²) in [6.45, 7) is 5.59. The summed E-state index contributed by atoms with van der Waals surface area (Å²) in [6, 6.07) is 1.11. The van der Waals surface area contributed by atoms with Gasteiger partial charge in [-0.25, -0.2) is 0 Å². The number of nitrogens with two attached hydrogens (primary N) is 1. The first kappa shape index (κ1) is 11.0. The molecule has 2 N–H and O–H groups in total. The third-order valence-electron chi connectivity index (χ3n) is 3.18. The van der Waals surface area contributed by atoms with Crippen LogP contribution in [0.25, 0.3) is 0 Å². The molecule has 0 bridgehead atoms. The predicted octanol–water partition coefficient (Wildman–Crippen LogP) is 1.84. The number of hydrogen-bond donors (Lipinski definition) is 1. The molecule has 0 aromatic heterocycles. The molecule has 0 radical (unpaired) electrons. The molecular formula is C11H24N2. The maximum Gasteiger partial charge on any atom is 0.0167 e. The van der Waals surface area contributed by atoms with Crippen LogP contribution in [0.4, 0.5) is 0 Å². The molecular weight excluding hydrogens is 160 g/mol. The van der Waals surface area contributed by atoms with Crippen molar-refractivity contribution in [3.8, 4) is 0 Å². The Balaban J connectivity index is 2.18. The fourth-order valence-corrected chi connectivity index (χ4v) is 1.94. The van der Waals surface area contributed by atoms with Gasteiger partial charge in [0.25, 0.3) is 0 Å². The molecule has 0 aliphatic heterocycles. The molecule has 2 heteroatoms. The summed E-state index contributed by atoms with van der Waals surface area (Å²) in [5.41, 5.74) is 6.00. The SMILES string of the molecule is CCCC(N)CN(C)C(C)C1CC1. The Morgan fingerprint density at radius 2 is 2.08 bits per heavy atom. The van der Waals surface area contributed by atoms with E-state index in [2.05, 4.69) is 25.8 Å². The molecule has 1 aliphatic rings. The topological polar surface area (TPSA) is 29.3 Å². The quantitative estimate of drug-likeness (QED) is 0.682. The van der Waals surface area contributed by atoms with Crippen molar-refractivity contribution in [3.05, 3.63) is 0 Å². The van der Waals surface area contributed by atoms with E-state index in [1.165, 1.54) is 19.3 Å². The first-order chi connectivity index (χ1) is 6.15. The summed E-state index contributed by atoms with van der Waals surface area (Å²) in [5, 5.41) is 0. The van der Waals surface area contributed by atoms with E-state index in [-0.39, 0.29) is 0 Å². The van der Waals surface area contributed by atoms with Gasteiger partial charge in [-0.1, -0.05) is 13.3 Å². The van der Waals surface area contributed by atoms with Crippen molar-refractivity contribution in [2.24, 2.45) is 11.7 Å². The molecule has 1 aliphatic carbocycles. The minimum absolute atomic E-state index is 0.371. The van der Waals surface area contributed by atoms with E-state index in [1.54, 1.807) is 0 Å². The van der Waals surface area contributed by atoms with E-state index in [9.17, 15) is 0 Å². The molecule has 0 heterocycles. The minimum atomic E-state index is 0.371. The zero-order valence-corrected chi connectivity index (χ0v) is 9.29. The van der Waals surface area contributed by atoms with Crippen molar-refractivity contribution in [1.29, 1.82) is 0 Å². The Labute approximate surface area is 82.5 Å². The summed E-state index contributed by atoms with van der Waals surface area (Å²) in [6.07, 6.45) is 5.21. The Kier molecular flexibility index (Phi) is 4.20. The van der Waals surface area contributed by atoms with E-state index >= 15 is 0 Å². The molecule has 2 unspecified atom stereocenters. The molecule has 13 heavy (non-hydrogen) atoms. The van der Waals surface area contributed by atoms with Crippen LogP contribution in [0.1, 0.15) is 39.5 Å². The standard InChI is InChI=1S/C11H24N2/c1-4-5-11(12)8-13(3)9(2)10-6-7-10/h9-11H,4-8,12H2,1-3H3. The van der Waals surface area contributed by atoms with Crippen LogP contribution in [0.2, 0.25) is 0 Å². The summed E-state index contributed by atoms with van der Waals surface area (Å²) in [5.74, 6) is 0.957. The molecule has 0 aromatic carbocycles. The van der Waals surface area contributed by atoms with E-state index in [1.807, 2.05) is 0 Å². The lowest BCUT2D eigenvalue weighted by Crippen LogP contribution is -2.40. The van der Waals surface area contributed by atoms with Crippen LogP contribution < -0.4 is 5.73 Å². The zero-order chi connectivity index (χ0) is 9.84. The van der Waals surface area contributed by atoms with Crippen LogP contribution in [0.3, 0.4) is 0 Å². The predicted molar refractivity (Wildman–Crippen MR) is 57.7 cm³/mol. The molecule has 2 atom stereocenters. The summed E-state index contributed by atoms with van der Waals surface area (Å²) >= 11 is 0. The Hall–Kier alpha value is -0.0800. The van der Waals surface area contributed by atoms with Crippen molar-refractivity contribution >= 4 is 0 Å². The van der Waals surface area contributed by atoms with E-state index in [0.29, 0.717) is 6.04 Å².